The summed E-state index contributed by atoms with van der Waals surface area (Å²) >= 11 is 0. The molecule has 0 saturated heterocycles. The minimum absolute atomic E-state index is 0.113. The lowest BCUT2D eigenvalue weighted by molar-refractivity contribution is 0.104. The van der Waals surface area contributed by atoms with E-state index in [0.29, 0.717) is 17.7 Å². The summed E-state index contributed by atoms with van der Waals surface area (Å²) in [6.45, 7) is 2.54. The Balaban J connectivity index is 1.52. The van der Waals surface area contributed by atoms with E-state index in [0.717, 1.165) is 28.9 Å². The Hall–Kier alpha value is -3.03. The van der Waals surface area contributed by atoms with E-state index in [2.05, 4.69) is 10.3 Å². The van der Waals surface area contributed by atoms with E-state index in [1.807, 2.05) is 37.3 Å². The maximum atomic E-state index is 11.9. The van der Waals surface area contributed by atoms with Gasteiger partial charge in [0.1, 0.15) is 30.0 Å². The van der Waals surface area contributed by atoms with Gasteiger partial charge in [-0.1, -0.05) is 24.3 Å². The molecule has 2 aromatic carbocycles. The highest BCUT2D eigenvalue weighted by Gasteiger charge is 2.13. The van der Waals surface area contributed by atoms with Crippen molar-refractivity contribution in [2.45, 2.75) is 25.5 Å². The Kier molecular flexibility index (Phi) is 7.32. The zero-order chi connectivity index (χ0) is 21.5. The predicted molar refractivity (Wildman–Crippen MR) is 117 cm³/mol. The Bertz CT molecular complexity index is 1030. The lowest BCUT2D eigenvalue weighted by Gasteiger charge is -2.19. The van der Waals surface area contributed by atoms with Crippen LogP contribution in [0, 0.1) is 0 Å². The fourth-order valence-corrected chi connectivity index (χ4v) is 3.31. The fourth-order valence-electron chi connectivity index (χ4n) is 3.31. The summed E-state index contributed by atoms with van der Waals surface area (Å²) in [7, 11) is 3.26. The van der Waals surface area contributed by atoms with Crippen LogP contribution in [0.15, 0.2) is 53.5 Å². The Morgan fingerprint density at radius 1 is 1.07 bits per heavy atom. The van der Waals surface area contributed by atoms with E-state index in [1.54, 1.807) is 26.4 Å². The Labute approximate surface area is 175 Å². The minimum atomic E-state index is -0.698. The second-order valence-corrected chi connectivity index (χ2v) is 7.18. The van der Waals surface area contributed by atoms with E-state index in [9.17, 15) is 9.90 Å². The zero-order valence-electron chi connectivity index (χ0n) is 17.5. The highest BCUT2D eigenvalue weighted by Crippen LogP contribution is 2.25. The van der Waals surface area contributed by atoms with Crippen LogP contribution in [0.5, 0.6) is 17.2 Å². The average molecular weight is 412 g/mol. The first-order chi connectivity index (χ1) is 14.5. The lowest BCUT2D eigenvalue weighted by Crippen LogP contribution is -2.37. The van der Waals surface area contributed by atoms with Crippen LogP contribution < -0.4 is 25.1 Å². The second kappa shape index (κ2) is 10.1. The number of ether oxygens (including phenoxy) is 3. The third kappa shape index (κ3) is 5.31. The van der Waals surface area contributed by atoms with Gasteiger partial charge >= 0.3 is 0 Å². The number of aromatic amines is 1. The number of pyridine rings is 1. The maximum absolute atomic E-state index is 11.9. The SMILES string of the molecule is COc1ccc(CC(C)NCC(O)COc2c[nH]c(=O)c3ccccc23)c(OC)c1. The molecule has 1 heterocycles. The van der Waals surface area contributed by atoms with Gasteiger partial charge < -0.3 is 29.6 Å². The van der Waals surface area contributed by atoms with Gasteiger partial charge in [0, 0.05) is 30.2 Å². The predicted octanol–water partition coefficient (Wildman–Crippen LogP) is 2.51. The number of rotatable bonds is 10. The number of hydrogen-bond donors (Lipinski definition) is 3. The number of aliphatic hydroxyl groups is 1. The van der Waals surface area contributed by atoms with Gasteiger partial charge in [-0.3, -0.25) is 4.79 Å². The summed E-state index contributed by atoms with van der Waals surface area (Å²) in [5, 5.41) is 14.9. The molecule has 3 rings (SSSR count). The number of aliphatic hydroxyl groups excluding tert-OH is 1. The minimum Gasteiger partial charge on any atom is -0.497 e. The molecular formula is C23H28N2O5. The first-order valence-corrected chi connectivity index (χ1v) is 9.87. The first kappa shape index (κ1) is 21.7. The van der Waals surface area contributed by atoms with Gasteiger partial charge in [-0.25, -0.2) is 0 Å². The molecule has 1 aromatic heterocycles. The molecule has 0 amide bonds. The van der Waals surface area contributed by atoms with Crippen LogP contribution in [-0.2, 0) is 6.42 Å². The molecule has 160 valence electrons. The van der Waals surface area contributed by atoms with Gasteiger partial charge in [-0.2, -0.15) is 0 Å². The van der Waals surface area contributed by atoms with Crippen LogP contribution in [0.3, 0.4) is 0 Å². The van der Waals surface area contributed by atoms with Gasteiger partial charge in [-0.05, 0) is 31.0 Å². The average Bonchev–Trinajstić information content (AvgIpc) is 2.77. The molecule has 0 bridgehead atoms. The monoisotopic (exact) mass is 412 g/mol. The molecule has 0 aliphatic rings. The lowest BCUT2D eigenvalue weighted by atomic mass is 10.1. The summed E-state index contributed by atoms with van der Waals surface area (Å²) in [6, 6.07) is 13.1. The number of hydrogen-bond acceptors (Lipinski definition) is 6. The van der Waals surface area contributed by atoms with E-state index in [4.69, 9.17) is 14.2 Å². The zero-order valence-corrected chi connectivity index (χ0v) is 17.5. The quantitative estimate of drug-likeness (QED) is 0.474. The van der Waals surface area contributed by atoms with Crippen molar-refractivity contribution >= 4 is 10.8 Å². The molecule has 0 aliphatic carbocycles. The van der Waals surface area contributed by atoms with Crippen LogP contribution >= 0.6 is 0 Å². The molecule has 0 radical (unpaired) electrons. The van der Waals surface area contributed by atoms with Crippen LogP contribution in [0.25, 0.3) is 10.8 Å². The molecule has 2 atom stereocenters. The number of fused-ring (bicyclic) bond motifs is 1. The summed E-state index contributed by atoms with van der Waals surface area (Å²) < 4.78 is 16.4. The number of H-pyrrole nitrogens is 1. The van der Waals surface area contributed by atoms with Crippen molar-refractivity contribution in [3.63, 3.8) is 0 Å². The topological polar surface area (TPSA) is 92.8 Å². The summed E-state index contributed by atoms with van der Waals surface area (Å²) in [6.07, 6.45) is 1.57. The van der Waals surface area contributed by atoms with Crippen molar-refractivity contribution in [1.29, 1.82) is 0 Å². The van der Waals surface area contributed by atoms with Gasteiger partial charge in [0.25, 0.3) is 5.56 Å². The smallest absolute Gasteiger partial charge is 0.256 e. The first-order valence-electron chi connectivity index (χ1n) is 9.87. The van der Waals surface area contributed by atoms with Gasteiger partial charge in [0.15, 0.2) is 0 Å². The van der Waals surface area contributed by atoms with Crippen molar-refractivity contribution < 1.29 is 19.3 Å². The molecule has 7 nitrogen and oxygen atoms in total. The molecule has 7 heteroatoms. The van der Waals surface area contributed by atoms with Crippen molar-refractivity contribution in [1.82, 2.24) is 10.3 Å². The van der Waals surface area contributed by atoms with Crippen LogP contribution in [0.2, 0.25) is 0 Å². The highest BCUT2D eigenvalue weighted by molar-refractivity contribution is 5.86. The molecule has 30 heavy (non-hydrogen) atoms. The second-order valence-electron chi connectivity index (χ2n) is 7.18. The largest absolute Gasteiger partial charge is 0.497 e. The van der Waals surface area contributed by atoms with E-state index in [-0.39, 0.29) is 18.2 Å². The van der Waals surface area contributed by atoms with Crippen molar-refractivity contribution in [2.75, 3.05) is 27.4 Å². The van der Waals surface area contributed by atoms with Crippen molar-refractivity contribution in [3.05, 3.63) is 64.6 Å². The third-order valence-electron chi connectivity index (χ3n) is 4.93. The number of aromatic nitrogens is 1. The summed E-state index contributed by atoms with van der Waals surface area (Å²) in [5.74, 6) is 2.07. The van der Waals surface area contributed by atoms with Gasteiger partial charge in [-0.15, -0.1) is 0 Å². The maximum Gasteiger partial charge on any atom is 0.256 e. The standard InChI is InChI=1S/C23H28N2O5/c1-15(10-16-8-9-18(28-2)11-21(16)29-3)24-12-17(26)14-30-22-13-25-23(27)20-7-5-4-6-19(20)22/h4-9,11,13,15,17,24,26H,10,12,14H2,1-3H3,(H,25,27). The van der Waals surface area contributed by atoms with Gasteiger partial charge in [0.2, 0.25) is 0 Å². The third-order valence-corrected chi connectivity index (χ3v) is 4.93. The summed E-state index contributed by atoms with van der Waals surface area (Å²) in [5.41, 5.74) is 0.895. The van der Waals surface area contributed by atoms with Crippen LogP contribution in [0.4, 0.5) is 0 Å². The number of nitrogens with one attached hydrogen (secondary N) is 2. The molecule has 0 aliphatic heterocycles. The van der Waals surface area contributed by atoms with Crippen molar-refractivity contribution in [2.24, 2.45) is 0 Å². The Morgan fingerprint density at radius 2 is 1.83 bits per heavy atom. The summed E-state index contributed by atoms with van der Waals surface area (Å²) in [4.78, 5) is 14.6. The van der Waals surface area contributed by atoms with Gasteiger partial charge in [0.05, 0.1) is 19.6 Å². The van der Waals surface area contributed by atoms with E-state index < -0.39 is 6.10 Å². The number of benzene rings is 2. The molecule has 0 spiro atoms. The Morgan fingerprint density at radius 3 is 2.57 bits per heavy atom. The number of methoxy groups -OCH3 is 2. The molecule has 3 aromatic rings. The fraction of sp³-hybridized carbons (Fsp3) is 0.348. The van der Waals surface area contributed by atoms with Crippen LogP contribution in [-0.4, -0.2) is 49.6 Å². The van der Waals surface area contributed by atoms with Crippen molar-refractivity contribution in [3.8, 4) is 17.2 Å². The van der Waals surface area contributed by atoms with E-state index in [1.165, 1.54) is 6.20 Å². The normalized spacial score (nSPS) is 13.1. The molecular weight excluding hydrogens is 384 g/mol. The molecule has 3 N–H and O–H groups in total. The molecule has 2 unspecified atom stereocenters. The highest BCUT2D eigenvalue weighted by atomic mass is 16.5. The molecule has 0 fully saturated rings. The molecule has 0 saturated carbocycles. The van der Waals surface area contributed by atoms with Crippen LogP contribution in [0.1, 0.15) is 12.5 Å². The van der Waals surface area contributed by atoms with E-state index >= 15 is 0 Å².